The van der Waals surface area contributed by atoms with Gasteiger partial charge >= 0.3 is 5.97 Å². The molecular weight excluding hydrogens is 467 g/mol. The van der Waals surface area contributed by atoms with Gasteiger partial charge in [-0.2, -0.15) is 0 Å². The third kappa shape index (κ3) is 5.18. The first-order valence-electron chi connectivity index (χ1n) is 9.81. The summed E-state index contributed by atoms with van der Waals surface area (Å²) in [7, 11) is 1.80. The van der Waals surface area contributed by atoms with E-state index in [4.69, 9.17) is 4.74 Å². The maximum atomic E-state index is 12.1. The number of hydrogen-bond acceptors (Lipinski definition) is 3. The van der Waals surface area contributed by atoms with Crippen LogP contribution >= 0.6 is 24.0 Å². The van der Waals surface area contributed by atoms with Crippen molar-refractivity contribution in [2.45, 2.75) is 33.1 Å². The van der Waals surface area contributed by atoms with Gasteiger partial charge in [-0.3, -0.25) is 9.79 Å². The number of benzene rings is 1. The molecule has 7 heteroatoms. The topological polar surface area (TPSA) is 69.7 Å². The Labute approximate surface area is 184 Å². The zero-order valence-electron chi connectivity index (χ0n) is 17.0. The van der Waals surface area contributed by atoms with Crippen molar-refractivity contribution in [2.75, 3.05) is 33.3 Å². The van der Waals surface area contributed by atoms with Crippen molar-refractivity contribution in [3.63, 3.8) is 0 Å². The summed E-state index contributed by atoms with van der Waals surface area (Å²) in [6.45, 7) is 6.80. The number of aromatic amines is 1. The maximum Gasteiger partial charge on any atom is 0.310 e. The summed E-state index contributed by atoms with van der Waals surface area (Å²) < 4.78 is 5.19. The van der Waals surface area contributed by atoms with Crippen molar-refractivity contribution < 1.29 is 9.53 Å². The van der Waals surface area contributed by atoms with E-state index in [0.717, 1.165) is 38.3 Å². The van der Waals surface area contributed by atoms with E-state index in [1.807, 2.05) is 6.92 Å². The Kier molecular flexibility index (Phi) is 8.59. The fraction of sp³-hybridized carbons (Fsp3) is 0.524. The largest absolute Gasteiger partial charge is 0.466 e. The second-order valence-electron chi connectivity index (χ2n) is 7.07. The van der Waals surface area contributed by atoms with E-state index in [9.17, 15) is 4.79 Å². The number of fused-ring (bicyclic) bond motifs is 1. The highest BCUT2D eigenvalue weighted by molar-refractivity contribution is 14.0. The van der Waals surface area contributed by atoms with Crippen LogP contribution in [-0.2, 0) is 16.0 Å². The van der Waals surface area contributed by atoms with E-state index in [-0.39, 0.29) is 35.9 Å². The van der Waals surface area contributed by atoms with Gasteiger partial charge in [0.2, 0.25) is 0 Å². The van der Waals surface area contributed by atoms with Crippen molar-refractivity contribution in [3.05, 3.63) is 35.5 Å². The number of nitrogens with zero attached hydrogens (tertiary/aromatic N) is 2. The third-order valence-electron chi connectivity index (χ3n) is 5.24. The first-order valence-corrected chi connectivity index (χ1v) is 9.81. The highest BCUT2D eigenvalue weighted by atomic mass is 127. The summed E-state index contributed by atoms with van der Waals surface area (Å²) in [5.74, 6) is 0.709. The number of esters is 1. The Hall–Kier alpha value is -1.77. The zero-order chi connectivity index (χ0) is 19.2. The summed E-state index contributed by atoms with van der Waals surface area (Å²) in [6.07, 6.45) is 4.88. The van der Waals surface area contributed by atoms with Crippen LogP contribution in [0.25, 0.3) is 10.9 Å². The molecule has 1 aromatic carbocycles. The van der Waals surface area contributed by atoms with Crippen LogP contribution in [0.15, 0.2) is 29.4 Å². The van der Waals surface area contributed by atoms with Gasteiger partial charge in [0.05, 0.1) is 12.5 Å². The second-order valence-corrected chi connectivity index (χ2v) is 7.07. The number of aryl methyl sites for hydroxylation is 1. The molecule has 2 N–H and O–H groups in total. The van der Waals surface area contributed by atoms with Crippen LogP contribution in [0.4, 0.5) is 0 Å². The van der Waals surface area contributed by atoms with Crippen molar-refractivity contribution in [2.24, 2.45) is 10.9 Å². The van der Waals surface area contributed by atoms with Gasteiger partial charge in [-0.15, -0.1) is 24.0 Å². The average molecular weight is 498 g/mol. The van der Waals surface area contributed by atoms with Gasteiger partial charge in [0.25, 0.3) is 0 Å². The number of H-pyrrole nitrogens is 1. The Morgan fingerprint density at radius 1 is 1.43 bits per heavy atom. The predicted octanol–water partition coefficient (Wildman–Crippen LogP) is 3.49. The Morgan fingerprint density at radius 2 is 2.25 bits per heavy atom. The molecule has 1 atom stereocenters. The fourth-order valence-corrected chi connectivity index (χ4v) is 3.83. The molecule has 0 spiro atoms. The number of carbonyl (C=O) groups is 1. The first-order chi connectivity index (χ1) is 13.1. The van der Waals surface area contributed by atoms with Crippen molar-refractivity contribution in [3.8, 4) is 0 Å². The molecule has 0 amide bonds. The smallest absolute Gasteiger partial charge is 0.310 e. The number of carbonyl (C=O) groups excluding carboxylic acids is 1. The average Bonchev–Trinajstić information content (AvgIpc) is 3.10. The van der Waals surface area contributed by atoms with E-state index in [1.54, 1.807) is 7.05 Å². The van der Waals surface area contributed by atoms with Gasteiger partial charge in [-0.1, -0.05) is 18.2 Å². The first kappa shape index (κ1) is 22.5. The van der Waals surface area contributed by atoms with E-state index < -0.39 is 0 Å². The standard InChI is InChI=1S/C21H30N4O2.HI/c1-4-27-20(26)17-8-6-12-25(14-17)21(22-3)23-11-10-16-13-24-19-15(2)7-5-9-18(16)19;/h5,7,9,13,17,24H,4,6,8,10-12,14H2,1-3H3,(H,22,23);1H. The van der Waals surface area contributed by atoms with E-state index in [0.29, 0.717) is 13.2 Å². The molecule has 1 saturated heterocycles. The molecule has 2 heterocycles. The van der Waals surface area contributed by atoms with E-state index in [1.165, 1.54) is 22.0 Å². The molecule has 2 aromatic rings. The minimum Gasteiger partial charge on any atom is -0.466 e. The summed E-state index contributed by atoms with van der Waals surface area (Å²) in [5.41, 5.74) is 3.78. The summed E-state index contributed by atoms with van der Waals surface area (Å²) in [4.78, 5) is 22.0. The molecule has 1 unspecified atom stereocenters. The van der Waals surface area contributed by atoms with Crippen LogP contribution in [-0.4, -0.2) is 55.1 Å². The number of para-hydroxylation sites is 1. The number of ether oxygens (including phenoxy) is 1. The van der Waals surface area contributed by atoms with Gasteiger partial charge in [-0.05, 0) is 44.2 Å². The lowest BCUT2D eigenvalue weighted by Crippen LogP contribution is -2.48. The molecule has 0 radical (unpaired) electrons. The van der Waals surface area contributed by atoms with Gasteiger partial charge in [0, 0.05) is 43.8 Å². The summed E-state index contributed by atoms with van der Waals surface area (Å²) in [6, 6.07) is 6.39. The lowest BCUT2D eigenvalue weighted by molar-refractivity contribution is -0.149. The SMILES string of the molecule is CCOC(=O)C1CCCN(C(=NC)NCCc2c[nH]c3c(C)cccc23)C1.I. The van der Waals surface area contributed by atoms with Crippen LogP contribution in [0, 0.1) is 12.8 Å². The van der Waals surface area contributed by atoms with Crippen molar-refractivity contribution in [1.29, 1.82) is 0 Å². The monoisotopic (exact) mass is 498 g/mol. The van der Waals surface area contributed by atoms with Crippen LogP contribution in [0.5, 0.6) is 0 Å². The highest BCUT2D eigenvalue weighted by Crippen LogP contribution is 2.21. The quantitative estimate of drug-likeness (QED) is 0.287. The van der Waals surface area contributed by atoms with E-state index in [2.05, 4.69) is 51.5 Å². The van der Waals surface area contributed by atoms with Gasteiger partial charge in [0.15, 0.2) is 5.96 Å². The van der Waals surface area contributed by atoms with Gasteiger partial charge in [0.1, 0.15) is 0 Å². The molecule has 154 valence electrons. The fourth-order valence-electron chi connectivity index (χ4n) is 3.83. The number of piperidine rings is 1. The molecule has 1 aromatic heterocycles. The maximum absolute atomic E-state index is 12.1. The number of hydrogen-bond donors (Lipinski definition) is 2. The van der Waals surface area contributed by atoms with Crippen molar-refractivity contribution in [1.82, 2.24) is 15.2 Å². The molecule has 1 aliphatic rings. The lowest BCUT2D eigenvalue weighted by atomic mass is 9.98. The van der Waals surface area contributed by atoms with Gasteiger partial charge in [-0.25, -0.2) is 0 Å². The number of guanidine groups is 1. The molecule has 0 saturated carbocycles. The molecule has 28 heavy (non-hydrogen) atoms. The number of likely N-dealkylation sites (tertiary alicyclic amines) is 1. The van der Waals surface area contributed by atoms with Crippen LogP contribution in [0.2, 0.25) is 0 Å². The number of nitrogens with one attached hydrogen (secondary N) is 2. The minimum absolute atomic E-state index is 0. The van der Waals surface area contributed by atoms with Crippen LogP contribution < -0.4 is 5.32 Å². The Morgan fingerprint density at radius 3 is 3.00 bits per heavy atom. The molecule has 0 aliphatic carbocycles. The normalized spacial score (nSPS) is 17.3. The van der Waals surface area contributed by atoms with Crippen LogP contribution in [0.3, 0.4) is 0 Å². The number of aliphatic imine (C=N–C) groups is 1. The highest BCUT2D eigenvalue weighted by Gasteiger charge is 2.28. The minimum atomic E-state index is -0.0909. The summed E-state index contributed by atoms with van der Waals surface area (Å²) >= 11 is 0. The second kappa shape index (κ2) is 10.7. The number of aromatic nitrogens is 1. The summed E-state index contributed by atoms with van der Waals surface area (Å²) in [5, 5.41) is 4.74. The molecule has 3 rings (SSSR count). The third-order valence-corrected chi connectivity index (χ3v) is 5.24. The van der Waals surface area contributed by atoms with E-state index >= 15 is 0 Å². The van der Waals surface area contributed by atoms with Gasteiger partial charge < -0.3 is 19.9 Å². The molecule has 0 bridgehead atoms. The Balaban J connectivity index is 0.00000280. The molecule has 1 fully saturated rings. The number of halogens is 1. The Bertz CT molecular complexity index is 818. The lowest BCUT2D eigenvalue weighted by Gasteiger charge is -2.33. The molecular formula is C21H31IN4O2. The van der Waals surface area contributed by atoms with Crippen LogP contribution in [0.1, 0.15) is 30.9 Å². The zero-order valence-corrected chi connectivity index (χ0v) is 19.3. The molecule has 1 aliphatic heterocycles. The van der Waals surface area contributed by atoms with Crippen molar-refractivity contribution >= 4 is 46.8 Å². The number of rotatable bonds is 5. The predicted molar refractivity (Wildman–Crippen MR) is 124 cm³/mol. The molecule has 6 nitrogen and oxygen atoms in total.